The maximum Gasteiger partial charge on any atom is 0.222 e. The number of hydrogen-bond donors (Lipinski definition) is 1. The first-order valence-electron chi connectivity index (χ1n) is 11.4. The van der Waals surface area contributed by atoms with Crippen LogP contribution in [0.3, 0.4) is 0 Å². The molecule has 0 aromatic heterocycles. The van der Waals surface area contributed by atoms with Crippen LogP contribution in [0.5, 0.6) is 5.75 Å². The lowest BCUT2D eigenvalue weighted by atomic mass is 10.1. The first kappa shape index (κ1) is 22.2. The first-order valence-corrected chi connectivity index (χ1v) is 11.4. The van der Waals surface area contributed by atoms with E-state index in [1.54, 1.807) is 7.11 Å². The molecule has 0 saturated carbocycles. The van der Waals surface area contributed by atoms with Gasteiger partial charge in [0.15, 0.2) is 5.96 Å². The lowest BCUT2D eigenvalue weighted by Gasteiger charge is -2.38. The van der Waals surface area contributed by atoms with Crippen LogP contribution in [-0.2, 0) is 4.79 Å². The molecule has 0 spiro atoms. The molecule has 3 rings (SSSR count). The Kier molecular flexibility index (Phi) is 8.22. The zero-order valence-electron chi connectivity index (χ0n) is 18.8. The minimum Gasteiger partial charge on any atom is -0.495 e. The van der Waals surface area contributed by atoms with Crippen LogP contribution in [0, 0.1) is 0 Å². The van der Waals surface area contributed by atoms with E-state index >= 15 is 0 Å². The molecule has 1 atom stereocenters. The zero-order valence-corrected chi connectivity index (χ0v) is 18.8. The van der Waals surface area contributed by atoms with Gasteiger partial charge in [-0.25, -0.2) is 0 Å². The third-order valence-electron chi connectivity index (χ3n) is 6.09. The number of likely N-dealkylation sites (tertiary alicyclic amines) is 1. The van der Waals surface area contributed by atoms with E-state index in [4.69, 9.17) is 9.73 Å². The van der Waals surface area contributed by atoms with Gasteiger partial charge >= 0.3 is 0 Å². The van der Waals surface area contributed by atoms with Gasteiger partial charge in [0.25, 0.3) is 0 Å². The van der Waals surface area contributed by atoms with E-state index in [1.165, 1.54) is 0 Å². The highest BCUT2D eigenvalue weighted by atomic mass is 16.5. The number of guanidine groups is 1. The van der Waals surface area contributed by atoms with Crippen LogP contribution in [0.2, 0.25) is 0 Å². The number of aliphatic imine (C=N–C) groups is 1. The van der Waals surface area contributed by atoms with Crippen molar-refractivity contribution in [3.05, 3.63) is 24.3 Å². The standard InChI is InChI=1S/C23H37N5O2/c1-4-19(28-14-8-11-22(28)29)12-13-25-23(24-5-2)27-17-15-26(16-18-27)20-9-6-7-10-21(20)30-3/h6-7,9-10,19H,4-5,8,11-18H2,1-3H3,(H,24,25). The summed E-state index contributed by atoms with van der Waals surface area (Å²) in [4.78, 5) is 23.8. The molecule has 1 aromatic rings. The van der Waals surface area contributed by atoms with Gasteiger partial charge < -0.3 is 24.8 Å². The molecular formula is C23H37N5O2. The van der Waals surface area contributed by atoms with E-state index < -0.39 is 0 Å². The molecular weight excluding hydrogens is 378 g/mol. The van der Waals surface area contributed by atoms with E-state index in [9.17, 15) is 4.79 Å². The van der Waals surface area contributed by atoms with Crippen molar-refractivity contribution < 1.29 is 9.53 Å². The van der Waals surface area contributed by atoms with Crippen LogP contribution in [-0.4, -0.2) is 80.6 Å². The Bertz CT molecular complexity index is 715. The number of hydrogen-bond acceptors (Lipinski definition) is 4. The quantitative estimate of drug-likeness (QED) is 0.522. The molecule has 0 bridgehead atoms. The molecule has 2 aliphatic rings. The van der Waals surface area contributed by atoms with Gasteiger partial charge in [-0.2, -0.15) is 0 Å². The van der Waals surface area contributed by atoms with Gasteiger partial charge in [-0.3, -0.25) is 9.79 Å². The van der Waals surface area contributed by atoms with Crippen molar-refractivity contribution in [1.82, 2.24) is 15.1 Å². The molecule has 1 N–H and O–H groups in total. The largest absolute Gasteiger partial charge is 0.495 e. The molecule has 1 aromatic carbocycles. The fraction of sp³-hybridized carbons (Fsp3) is 0.652. The van der Waals surface area contributed by atoms with Gasteiger partial charge in [-0.05, 0) is 38.3 Å². The number of ether oxygens (including phenoxy) is 1. The van der Waals surface area contributed by atoms with E-state index in [2.05, 4.69) is 46.0 Å². The summed E-state index contributed by atoms with van der Waals surface area (Å²) in [7, 11) is 1.73. The van der Waals surface area contributed by atoms with Crippen molar-refractivity contribution in [2.75, 3.05) is 57.8 Å². The van der Waals surface area contributed by atoms with Crippen LogP contribution in [0.1, 0.15) is 39.5 Å². The molecule has 2 aliphatic heterocycles. The number of piperazine rings is 1. The summed E-state index contributed by atoms with van der Waals surface area (Å²) in [6, 6.07) is 8.52. The smallest absolute Gasteiger partial charge is 0.222 e. The summed E-state index contributed by atoms with van der Waals surface area (Å²) in [6.07, 6.45) is 3.63. The van der Waals surface area contributed by atoms with Crippen LogP contribution < -0.4 is 15.0 Å². The molecule has 2 fully saturated rings. The fourth-order valence-electron chi connectivity index (χ4n) is 4.43. The number of benzene rings is 1. The van der Waals surface area contributed by atoms with Crippen molar-refractivity contribution >= 4 is 17.6 Å². The number of carbonyl (C=O) groups excluding carboxylic acids is 1. The van der Waals surface area contributed by atoms with Gasteiger partial charge in [0.05, 0.1) is 12.8 Å². The summed E-state index contributed by atoms with van der Waals surface area (Å²) in [5.41, 5.74) is 1.16. The zero-order chi connectivity index (χ0) is 21.3. The Balaban J connectivity index is 1.56. The van der Waals surface area contributed by atoms with Crippen molar-refractivity contribution in [3.63, 3.8) is 0 Å². The molecule has 30 heavy (non-hydrogen) atoms. The van der Waals surface area contributed by atoms with E-state index in [0.29, 0.717) is 18.4 Å². The molecule has 166 valence electrons. The second kappa shape index (κ2) is 11.1. The SMILES string of the molecule is CCNC(=NCCC(CC)N1CCCC1=O)N1CCN(c2ccccc2OC)CC1. The van der Waals surface area contributed by atoms with Crippen LogP contribution in [0.25, 0.3) is 0 Å². The molecule has 2 saturated heterocycles. The lowest BCUT2D eigenvalue weighted by Crippen LogP contribution is -2.52. The normalized spacial score (nSPS) is 18.7. The molecule has 2 heterocycles. The minimum atomic E-state index is 0.310. The van der Waals surface area contributed by atoms with Crippen LogP contribution in [0.4, 0.5) is 5.69 Å². The number of methoxy groups -OCH3 is 1. The van der Waals surface area contributed by atoms with Crippen molar-refractivity contribution in [1.29, 1.82) is 0 Å². The topological polar surface area (TPSA) is 60.4 Å². The number of carbonyl (C=O) groups is 1. The van der Waals surface area contributed by atoms with Crippen molar-refractivity contribution in [2.24, 2.45) is 4.99 Å². The Hall–Kier alpha value is -2.44. The fourth-order valence-corrected chi connectivity index (χ4v) is 4.43. The number of nitrogens with zero attached hydrogens (tertiary/aromatic N) is 4. The monoisotopic (exact) mass is 415 g/mol. The average molecular weight is 416 g/mol. The average Bonchev–Trinajstić information content (AvgIpc) is 3.21. The summed E-state index contributed by atoms with van der Waals surface area (Å²) in [5, 5.41) is 3.45. The van der Waals surface area contributed by atoms with E-state index in [1.807, 2.05) is 12.1 Å². The van der Waals surface area contributed by atoms with E-state index in [0.717, 1.165) is 82.5 Å². The second-order valence-electron chi connectivity index (χ2n) is 7.92. The highest BCUT2D eigenvalue weighted by Gasteiger charge is 2.26. The molecule has 1 amide bonds. The molecule has 0 radical (unpaired) electrons. The van der Waals surface area contributed by atoms with Gasteiger partial charge in [0.1, 0.15) is 5.75 Å². The minimum absolute atomic E-state index is 0.310. The Morgan fingerprint density at radius 3 is 2.57 bits per heavy atom. The Morgan fingerprint density at radius 1 is 1.17 bits per heavy atom. The van der Waals surface area contributed by atoms with Crippen molar-refractivity contribution in [2.45, 2.75) is 45.6 Å². The number of anilines is 1. The maximum atomic E-state index is 12.1. The van der Waals surface area contributed by atoms with Gasteiger partial charge in [-0.15, -0.1) is 0 Å². The van der Waals surface area contributed by atoms with E-state index in [-0.39, 0.29) is 0 Å². The molecule has 7 nitrogen and oxygen atoms in total. The maximum absolute atomic E-state index is 12.1. The van der Waals surface area contributed by atoms with Gasteiger partial charge in [0, 0.05) is 58.3 Å². The number of amides is 1. The van der Waals surface area contributed by atoms with Crippen LogP contribution in [0.15, 0.2) is 29.3 Å². The summed E-state index contributed by atoms with van der Waals surface area (Å²) < 4.78 is 5.53. The first-order chi connectivity index (χ1) is 14.7. The third kappa shape index (κ3) is 5.37. The Morgan fingerprint density at radius 2 is 1.93 bits per heavy atom. The summed E-state index contributed by atoms with van der Waals surface area (Å²) >= 11 is 0. The molecule has 0 aliphatic carbocycles. The van der Waals surface area contributed by atoms with Crippen LogP contribution >= 0.6 is 0 Å². The predicted octanol–water partition coefficient (Wildman–Crippen LogP) is 2.57. The van der Waals surface area contributed by atoms with Gasteiger partial charge in [0.2, 0.25) is 5.91 Å². The summed E-state index contributed by atoms with van der Waals surface area (Å²) in [6.45, 7) is 10.5. The number of nitrogens with one attached hydrogen (secondary N) is 1. The summed E-state index contributed by atoms with van der Waals surface area (Å²) in [5.74, 6) is 2.22. The predicted molar refractivity (Wildman–Crippen MR) is 122 cm³/mol. The highest BCUT2D eigenvalue weighted by Crippen LogP contribution is 2.28. The highest BCUT2D eigenvalue weighted by molar-refractivity contribution is 5.80. The molecule has 7 heteroatoms. The van der Waals surface area contributed by atoms with Gasteiger partial charge in [-0.1, -0.05) is 19.1 Å². The lowest BCUT2D eigenvalue weighted by molar-refractivity contribution is -0.129. The Labute approximate surface area is 181 Å². The third-order valence-corrected chi connectivity index (χ3v) is 6.09. The number of rotatable bonds is 8. The molecule has 1 unspecified atom stereocenters. The second-order valence-corrected chi connectivity index (χ2v) is 7.92. The van der Waals surface area contributed by atoms with Crippen molar-refractivity contribution in [3.8, 4) is 5.75 Å². The number of para-hydroxylation sites is 2.